The van der Waals surface area contributed by atoms with Crippen LogP contribution < -0.4 is 0 Å². The van der Waals surface area contributed by atoms with E-state index in [0.717, 1.165) is 0 Å². The maximum atomic E-state index is 8.66. The second-order valence-electron chi connectivity index (χ2n) is 3.52. The third kappa shape index (κ3) is 2.45. The van der Waals surface area contributed by atoms with Gasteiger partial charge in [-0.25, -0.2) is 0 Å². The molecule has 0 aliphatic carbocycles. The SMILES string of the molecule is OCC/C=C\c1ccc2ccccc2c1. The van der Waals surface area contributed by atoms with E-state index in [2.05, 4.69) is 30.3 Å². The Morgan fingerprint density at radius 1 is 1.00 bits per heavy atom. The maximum absolute atomic E-state index is 8.66. The topological polar surface area (TPSA) is 20.2 Å². The lowest BCUT2D eigenvalue weighted by Crippen LogP contribution is -1.77. The highest BCUT2D eigenvalue weighted by atomic mass is 16.2. The van der Waals surface area contributed by atoms with E-state index >= 15 is 0 Å². The molecule has 0 amide bonds. The van der Waals surface area contributed by atoms with Crippen LogP contribution in [0.3, 0.4) is 0 Å². The van der Waals surface area contributed by atoms with Crippen LogP contribution in [0.1, 0.15) is 12.0 Å². The van der Waals surface area contributed by atoms with Crippen molar-refractivity contribution in [1.29, 1.82) is 0 Å². The lowest BCUT2D eigenvalue weighted by atomic mass is 10.1. The van der Waals surface area contributed by atoms with E-state index in [-0.39, 0.29) is 6.61 Å². The van der Waals surface area contributed by atoms with Crippen molar-refractivity contribution in [2.24, 2.45) is 0 Å². The normalized spacial score (nSPS) is 11.3. The van der Waals surface area contributed by atoms with Crippen LogP contribution in [-0.4, -0.2) is 11.7 Å². The highest BCUT2D eigenvalue weighted by molar-refractivity contribution is 5.84. The molecule has 0 bridgehead atoms. The predicted molar refractivity (Wildman–Crippen MR) is 64.7 cm³/mol. The molecule has 0 atom stereocenters. The van der Waals surface area contributed by atoms with Gasteiger partial charge in [-0.15, -0.1) is 0 Å². The van der Waals surface area contributed by atoms with Crippen LogP contribution in [0.15, 0.2) is 48.5 Å². The first-order chi connectivity index (χ1) is 7.40. The monoisotopic (exact) mass is 198 g/mol. The highest BCUT2D eigenvalue weighted by Gasteiger charge is 1.92. The van der Waals surface area contributed by atoms with Gasteiger partial charge in [0, 0.05) is 6.61 Å². The summed E-state index contributed by atoms with van der Waals surface area (Å²) in [6.07, 6.45) is 4.75. The van der Waals surface area contributed by atoms with E-state index in [1.807, 2.05) is 24.3 Å². The highest BCUT2D eigenvalue weighted by Crippen LogP contribution is 2.16. The smallest absolute Gasteiger partial charge is 0.0465 e. The summed E-state index contributed by atoms with van der Waals surface area (Å²) >= 11 is 0. The van der Waals surface area contributed by atoms with Gasteiger partial charge in [0.2, 0.25) is 0 Å². The van der Waals surface area contributed by atoms with Gasteiger partial charge in [-0.3, -0.25) is 0 Å². The molecule has 0 saturated carbocycles. The molecule has 2 aromatic rings. The van der Waals surface area contributed by atoms with Crippen molar-refractivity contribution in [2.75, 3.05) is 6.61 Å². The fraction of sp³-hybridized carbons (Fsp3) is 0.143. The minimum absolute atomic E-state index is 0.212. The molecule has 0 spiro atoms. The van der Waals surface area contributed by atoms with Crippen LogP contribution in [0.4, 0.5) is 0 Å². The first kappa shape index (κ1) is 9.94. The number of fused-ring (bicyclic) bond motifs is 1. The minimum atomic E-state index is 0.212. The van der Waals surface area contributed by atoms with E-state index < -0.39 is 0 Å². The minimum Gasteiger partial charge on any atom is -0.396 e. The quantitative estimate of drug-likeness (QED) is 0.802. The van der Waals surface area contributed by atoms with Gasteiger partial charge >= 0.3 is 0 Å². The second-order valence-corrected chi connectivity index (χ2v) is 3.52. The van der Waals surface area contributed by atoms with Gasteiger partial charge in [-0.05, 0) is 28.8 Å². The van der Waals surface area contributed by atoms with Crippen molar-refractivity contribution < 1.29 is 5.11 Å². The predicted octanol–water partition coefficient (Wildman–Crippen LogP) is 3.24. The summed E-state index contributed by atoms with van der Waals surface area (Å²) in [6.45, 7) is 0.212. The molecular weight excluding hydrogens is 184 g/mol. The molecule has 1 heteroatoms. The Morgan fingerprint density at radius 2 is 1.80 bits per heavy atom. The first-order valence-electron chi connectivity index (χ1n) is 5.16. The summed E-state index contributed by atoms with van der Waals surface area (Å²) < 4.78 is 0. The summed E-state index contributed by atoms with van der Waals surface area (Å²) in [7, 11) is 0. The summed E-state index contributed by atoms with van der Waals surface area (Å²) in [5.41, 5.74) is 1.18. The number of aliphatic hydroxyl groups is 1. The van der Waals surface area contributed by atoms with Crippen molar-refractivity contribution in [3.05, 3.63) is 54.1 Å². The molecule has 0 fully saturated rings. The van der Waals surface area contributed by atoms with Crippen LogP contribution in [0.25, 0.3) is 16.8 Å². The molecule has 0 unspecified atom stereocenters. The summed E-state index contributed by atoms with van der Waals surface area (Å²) in [6, 6.07) is 14.7. The Labute approximate surface area is 89.7 Å². The van der Waals surface area contributed by atoms with E-state index in [0.29, 0.717) is 6.42 Å². The van der Waals surface area contributed by atoms with Crippen LogP contribution >= 0.6 is 0 Å². The standard InChI is InChI=1S/C14H14O/c15-10-4-3-5-12-8-9-13-6-1-2-7-14(13)11-12/h1-3,5-9,11,15H,4,10H2/b5-3-. The van der Waals surface area contributed by atoms with Gasteiger partial charge in [0.25, 0.3) is 0 Å². The number of hydrogen-bond acceptors (Lipinski definition) is 1. The molecular formula is C14H14O. The molecule has 2 rings (SSSR count). The Hall–Kier alpha value is -1.60. The number of benzene rings is 2. The summed E-state index contributed by atoms with van der Waals surface area (Å²) in [4.78, 5) is 0. The fourth-order valence-electron chi connectivity index (χ4n) is 1.61. The zero-order valence-corrected chi connectivity index (χ0v) is 8.56. The van der Waals surface area contributed by atoms with Crippen molar-refractivity contribution in [3.63, 3.8) is 0 Å². The number of aliphatic hydroxyl groups excluding tert-OH is 1. The third-order valence-corrected chi connectivity index (χ3v) is 2.38. The Kier molecular flexibility index (Phi) is 3.15. The first-order valence-corrected chi connectivity index (χ1v) is 5.16. The van der Waals surface area contributed by atoms with E-state index in [1.54, 1.807) is 0 Å². The number of rotatable bonds is 3. The van der Waals surface area contributed by atoms with Crippen LogP contribution in [0, 0.1) is 0 Å². The van der Waals surface area contributed by atoms with Crippen molar-refractivity contribution in [2.45, 2.75) is 6.42 Å². The zero-order chi connectivity index (χ0) is 10.5. The molecule has 0 radical (unpaired) electrons. The lowest BCUT2D eigenvalue weighted by Gasteiger charge is -1.98. The molecule has 1 N–H and O–H groups in total. The van der Waals surface area contributed by atoms with Crippen molar-refractivity contribution in [3.8, 4) is 0 Å². The van der Waals surface area contributed by atoms with Crippen LogP contribution in [-0.2, 0) is 0 Å². The Balaban J connectivity index is 2.30. The van der Waals surface area contributed by atoms with Gasteiger partial charge in [-0.1, -0.05) is 48.6 Å². The second kappa shape index (κ2) is 4.76. The largest absolute Gasteiger partial charge is 0.396 e. The molecule has 0 saturated heterocycles. The molecule has 15 heavy (non-hydrogen) atoms. The number of hydrogen-bond donors (Lipinski definition) is 1. The molecule has 0 aliphatic rings. The Morgan fingerprint density at radius 3 is 2.60 bits per heavy atom. The van der Waals surface area contributed by atoms with Crippen molar-refractivity contribution >= 4 is 16.8 Å². The summed E-state index contributed by atoms with van der Waals surface area (Å²) in [5.74, 6) is 0. The molecule has 2 aromatic carbocycles. The molecule has 0 aromatic heterocycles. The molecule has 1 nitrogen and oxygen atoms in total. The van der Waals surface area contributed by atoms with Crippen LogP contribution in [0.2, 0.25) is 0 Å². The maximum Gasteiger partial charge on any atom is 0.0465 e. The van der Waals surface area contributed by atoms with Crippen LogP contribution in [0.5, 0.6) is 0 Å². The van der Waals surface area contributed by atoms with Gasteiger partial charge in [0.05, 0.1) is 0 Å². The van der Waals surface area contributed by atoms with E-state index in [9.17, 15) is 0 Å². The van der Waals surface area contributed by atoms with E-state index in [4.69, 9.17) is 5.11 Å². The average Bonchev–Trinajstić information content (AvgIpc) is 2.29. The lowest BCUT2D eigenvalue weighted by molar-refractivity contribution is 0.303. The Bertz CT molecular complexity index is 471. The van der Waals surface area contributed by atoms with Gasteiger partial charge in [-0.2, -0.15) is 0 Å². The fourth-order valence-corrected chi connectivity index (χ4v) is 1.61. The van der Waals surface area contributed by atoms with Crippen molar-refractivity contribution in [1.82, 2.24) is 0 Å². The molecule has 0 aliphatic heterocycles. The van der Waals surface area contributed by atoms with Gasteiger partial charge in [0.15, 0.2) is 0 Å². The average molecular weight is 198 g/mol. The molecule has 76 valence electrons. The van der Waals surface area contributed by atoms with Gasteiger partial charge in [0.1, 0.15) is 0 Å². The summed E-state index contributed by atoms with van der Waals surface area (Å²) in [5, 5.41) is 11.2. The van der Waals surface area contributed by atoms with Gasteiger partial charge < -0.3 is 5.11 Å². The third-order valence-electron chi connectivity index (χ3n) is 2.38. The molecule has 0 heterocycles. The van der Waals surface area contributed by atoms with E-state index in [1.165, 1.54) is 16.3 Å². The zero-order valence-electron chi connectivity index (χ0n) is 8.56.